The van der Waals surface area contributed by atoms with Gasteiger partial charge >= 0.3 is 0 Å². The maximum Gasteiger partial charge on any atom is 0.252 e. The maximum absolute atomic E-state index is 11.2. The van der Waals surface area contributed by atoms with Crippen LogP contribution >= 0.6 is 0 Å². The Labute approximate surface area is 76.0 Å². The van der Waals surface area contributed by atoms with Gasteiger partial charge in [-0.05, 0) is 24.3 Å². The average molecular weight is 175 g/mol. The van der Waals surface area contributed by atoms with Crippen molar-refractivity contribution in [3.05, 3.63) is 29.8 Å². The Morgan fingerprint density at radius 3 is 2.62 bits per heavy atom. The number of carbonyl (C=O) groups is 1. The Bertz CT molecular complexity index is 337. The molecule has 13 heavy (non-hydrogen) atoms. The van der Waals surface area contributed by atoms with Crippen molar-refractivity contribution in [3.8, 4) is 6.07 Å². The van der Waals surface area contributed by atoms with E-state index in [1.807, 2.05) is 6.07 Å². The van der Waals surface area contributed by atoms with E-state index in [0.29, 0.717) is 11.3 Å². The van der Waals surface area contributed by atoms with Gasteiger partial charge in [0.25, 0.3) is 5.91 Å². The van der Waals surface area contributed by atoms with Gasteiger partial charge in [0, 0.05) is 11.3 Å². The third kappa shape index (κ3) is 2.49. The van der Waals surface area contributed by atoms with Gasteiger partial charge in [-0.3, -0.25) is 4.79 Å². The second kappa shape index (κ2) is 4.12. The number of nitrogens with zero attached hydrogens (tertiary/aromatic N) is 1. The molecule has 0 heterocycles. The number of benzene rings is 1. The number of nitriles is 1. The van der Waals surface area contributed by atoms with E-state index in [0.717, 1.165) is 0 Å². The van der Waals surface area contributed by atoms with E-state index in [1.165, 1.54) is 0 Å². The Morgan fingerprint density at radius 1 is 1.46 bits per heavy atom. The molecule has 4 nitrogen and oxygen atoms in total. The molecule has 0 bridgehead atoms. The van der Waals surface area contributed by atoms with E-state index in [-0.39, 0.29) is 12.5 Å². The largest absolute Gasteiger partial charge is 0.399 e. The third-order valence-electron chi connectivity index (χ3n) is 1.50. The lowest BCUT2D eigenvalue weighted by Crippen LogP contribution is -2.23. The van der Waals surface area contributed by atoms with Crippen LogP contribution in [0.2, 0.25) is 0 Å². The van der Waals surface area contributed by atoms with Crippen molar-refractivity contribution in [1.29, 1.82) is 5.26 Å². The zero-order valence-corrected chi connectivity index (χ0v) is 6.95. The van der Waals surface area contributed by atoms with Crippen molar-refractivity contribution < 1.29 is 4.79 Å². The summed E-state index contributed by atoms with van der Waals surface area (Å²) in [4.78, 5) is 11.2. The first kappa shape index (κ1) is 9.07. The normalized spacial score (nSPS) is 8.85. The topological polar surface area (TPSA) is 78.9 Å². The minimum atomic E-state index is -0.262. The molecule has 0 saturated carbocycles. The number of carbonyl (C=O) groups excluding carboxylic acids is 1. The molecule has 0 aliphatic heterocycles. The van der Waals surface area contributed by atoms with E-state index in [4.69, 9.17) is 11.0 Å². The molecule has 1 aromatic carbocycles. The second-order valence-corrected chi connectivity index (χ2v) is 2.46. The Kier molecular flexibility index (Phi) is 2.87. The quantitative estimate of drug-likeness (QED) is 0.508. The first-order chi connectivity index (χ1) is 6.24. The van der Waals surface area contributed by atoms with E-state index in [9.17, 15) is 4.79 Å². The van der Waals surface area contributed by atoms with Crippen LogP contribution in [0.5, 0.6) is 0 Å². The van der Waals surface area contributed by atoms with Crippen LogP contribution in [0, 0.1) is 11.3 Å². The summed E-state index contributed by atoms with van der Waals surface area (Å²) in [5.41, 5.74) is 6.56. The Morgan fingerprint density at radius 2 is 2.08 bits per heavy atom. The van der Waals surface area contributed by atoms with Crippen molar-refractivity contribution in [3.63, 3.8) is 0 Å². The molecular weight excluding hydrogens is 166 g/mol. The van der Waals surface area contributed by atoms with Gasteiger partial charge in [0.1, 0.15) is 6.54 Å². The molecule has 0 spiro atoms. The summed E-state index contributed by atoms with van der Waals surface area (Å²) >= 11 is 0. The van der Waals surface area contributed by atoms with Crippen LogP contribution in [0.1, 0.15) is 10.4 Å². The number of nitrogens with two attached hydrogens (primary N) is 1. The minimum Gasteiger partial charge on any atom is -0.399 e. The van der Waals surface area contributed by atoms with Crippen molar-refractivity contribution in [2.75, 3.05) is 12.3 Å². The second-order valence-electron chi connectivity index (χ2n) is 2.46. The average Bonchev–Trinajstić information content (AvgIpc) is 2.15. The maximum atomic E-state index is 11.2. The number of nitrogen functional groups attached to an aromatic ring is 1. The number of rotatable bonds is 2. The first-order valence-electron chi connectivity index (χ1n) is 3.74. The molecule has 66 valence electrons. The molecule has 1 amide bonds. The van der Waals surface area contributed by atoms with Crippen LogP contribution in [0.15, 0.2) is 24.3 Å². The SMILES string of the molecule is N#CCNC(=O)c1ccc(N)cc1. The summed E-state index contributed by atoms with van der Waals surface area (Å²) in [6.45, 7) is 0.0171. The number of amides is 1. The third-order valence-corrected chi connectivity index (χ3v) is 1.50. The molecule has 0 saturated heterocycles. The summed E-state index contributed by atoms with van der Waals surface area (Å²) in [5, 5.41) is 10.6. The summed E-state index contributed by atoms with van der Waals surface area (Å²) in [5.74, 6) is -0.262. The van der Waals surface area contributed by atoms with Crippen LogP contribution in [-0.4, -0.2) is 12.5 Å². The predicted octanol–water partition coefficient (Wildman–Crippen LogP) is 0.522. The van der Waals surface area contributed by atoms with Gasteiger partial charge < -0.3 is 11.1 Å². The van der Waals surface area contributed by atoms with E-state index in [2.05, 4.69) is 5.32 Å². The fraction of sp³-hybridized carbons (Fsp3) is 0.111. The monoisotopic (exact) mass is 175 g/mol. The number of hydrogen-bond acceptors (Lipinski definition) is 3. The zero-order valence-electron chi connectivity index (χ0n) is 6.95. The molecule has 3 N–H and O–H groups in total. The summed E-state index contributed by atoms with van der Waals surface area (Å²) < 4.78 is 0. The summed E-state index contributed by atoms with van der Waals surface area (Å²) in [6, 6.07) is 8.33. The predicted molar refractivity (Wildman–Crippen MR) is 48.8 cm³/mol. The highest BCUT2D eigenvalue weighted by molar-refractivity contribution is 5.94. The highest BCUT2D eigenvalue weighted by Gasteiger charge is 2.02. The lowest BCUT2D eigenvalue weighted by Gasteiger charge is -2.00. The smallest absolute Gasteiger partial charge is 0.252 e. The van der Waals surface area contributed by atoms with Crippen LogP contribution in [0.3, 0.4) is 0 Å². The highest BCUT2D eigenvalue weighted by Crippen LogP contribution is 2.04. The fourth-order valence-corrected chi connectivity index (χ4v) is 0.856. The number of anilines is 1. The van der Waals surface area contributed by atoms with Crippen LogP contribution < -0.4 is 11.1 Å². The van der Waals surface area contributed by atoms with Crippen LogP contribution in [-0.2, 0) is 0 Å². The van der Waals surface area contributed by atoms with E-state index >= 15 is 0 Å². The van der Waals surface area contributed by atoms with Gasteiger partial charge in [0.2, 0.25) is 0 Å². The number of hydrogen-bond donors (Lipinski definition) is 2. The first-order valence-corrected chi connectivity index (χ1v) is 3.74. The summed E-state index contributed by atoms with van der Waals surface area (Å²) in [7, 11) is 0. The molecule has 1 aromatic rings. The molecule has 0 aliphatic carbocycles. The molecule has 0 atom stereocenters. The van der Waals surface area contributed by atoms with Crippen molar-refractivity contribution in [2.45, 2.75) is 0 Å². The molecule has 0 aromatic heterocycles. The molecule has 0 fully saturated rings. The minimum absolute atomic E-state index is 0.0171. The lowest BCUT2D eigenvalue weighted by atomic mass is 10.2. The fourth-order valence-electron chi connectivity index (χ4n) is 0.856. The summed E-state index contributed by atoms with van der Waals surface area (Å²) in [6.07, 6.45) is 0. The molecule has 4 heteroatoms. The van der Waals surface area contributed by atoms with Crippen LogP contribution in [0.4, 0.5) is 5.69 Å². The molecular formula is C9H9N3O. The number of nitrogens with one attached hydrogen (secondary N) is 1. The van der Waals surface area contributed by atoms with Crippen LogP contribution in [0.25, 0.3) is 0 Å². The van der Waals surface area contributed by atoms with Gasteiger partial charge in [-0.15, -0.1) is 0 Å². The highest BCUT2D eigenvalue weighted by atomic mass is 16.1. The van der Waals surface area contributed by atoms with Crippen molar-refractivity contribution in [2.24, 2.45) is 0 Å². The standard InChI is InChI=1S/C9H9N3O/c10-5-6-12-9(13)7-1-3-8(11)4-2-7/h1-4H,6,11H2,(H,12,13). The van der Waals surface area contributed by atoms with E-state index < -0.39 is 0 Å². The molecule has 1 rings (SSSR count). The van der Waals surface area contributed by atoms with Gasteiger partial charge in [0.05, 0.1) is 6.07 Å². The Balaban J connectivity index is 2.68. The van der Waals surface area contributed by atoms with Gasteiger partial charge in [0.15, 0.2) is 0 Å². The molecule has 0 aliphatic rings. The van der Waals surface area contributed by atoms with Crippen molar-refractivity contribution in [1.82, 2.24) is 5.32 Å². The molecule has 0 unspecified atom stereocenters. The van der Waals surface area contributed by atoms with E-state index in [1.54, 1.807) is 24.3 Å². The van der Waals surface area contributed by atoms with Crippen molar-refractivity contribution >= 4 is 11.6 Å². The van der Waals surface area contributed by atoms with Gasteiger partial charge in [-0.2, -0.15) is 5.26 Å². The zero-order chi connectivity index (χ0) is 9.68. The van der Waals surface area contributed by atoms with Gasteiger partial charge in [-0.25, -0.2) is 0 Å². The Hall–Kier alpha value is -2.02. The van der Waals surface area contributed by atoms with Gasteiger partial charge in [-0.1, -0.05) is 0 Å². The lowest BCUT2D eigenvalue weighted by molar-refractivity contribution is 0.0958. The molecule has 0 radical (unpaired) electrons.